The summed E-state index contributed by atoms with van der Waals surface area (Å²) in [6.45, 7) is 7.41. The second-order valence-corrected chi connectivity index (χ2v) is 16.4. The molecule has 55 heavy (non-hydrogen) atoms. The Morgan fingerprint density at radius 3 is 2.13 bits per heavy atom. The number of aryl methyl sites for hydroxylation is 1. The fourth-order valence-corrected chi connectivity index (χ4v) is 10.6. The molecule has 7 aromatic carbocycles. The Labute approximate surface area is 323 Å². The summed E-state index contributed by atoms with van der Waals surface area (Å²) >= 11 is 0. The highest BCUT2D eigenvalue weighted by molar-refractivity contribution is 6.05. The molecule has 8 aromatic rings. The number of hydrogen-bond donors (Lipinski definition) is 0. The third kappa shape index (κ3) is 4.80. The van der Waals surface area contributed by atoms with Crippen LogP contribution in [-0.2, 0) is 18.3 Å². The minimum Gasteiger partial charge on any atom is -0.228 e. The summed E-state index contributed by atoms with van der Waals surface area (Å²) in [5.41, 5.74) is 19.8. The zero-order chi connectivity index (χ0) is 36.8. The first-order chi connectivity index (χ1) is 27.0. The van der Waals surface area contributed by atoms with Crippen molar-refractivity contribution in [1.29, 1.82) is 0 Å². The lowest BCUT2D eigenvalue weighted by Crippen LogP contribution is -2.20. The Kier molecular flexibility index (Phi) is 7.17. The molecule has 1 unspecified atom stereocenters. The predicted octanol–water partition coefficient (Wildman–Crippen LogP) is 13.5. The minimum absolute atomic E-state index is 0.156. The van der Waals surface area contributed by atoms with E-state index in [4.69, 9.17) is 9.97 Å². The standard InChI is InChI=1S/C53H42N2/c1-32-36-17-7-8-18-37(36)40-29-30-44-48-41-21-11-9-19-38(41)39-20-10-12-22-42(39)50(48)53(2,3)49(44)46(40)31-45(32)33-25-27-35(28-26-33)52-54-47-24-14-13-23-43(47)51(55-52)34-15-5-4-6-16-34/h4-8,10-18,20-30,32,45H,9,19,31H2,1-3H3/t32?,45-/m1/s1. The molecule has 264 valence electrons. The van der Waals surface area contributed by atoms with E-state index in [2.05, 4.69) is 172 Å². The Bertz CT molecular complexity index is 2880. The zero-order valence-corrected chi connectivity index (χ0v) is 31.6. The van der Waals surface area contributed by atoms with Gasteiger partial charge in [0.2, 0.25) is 0 Å². The number of aromatic nitrogens is 2. The van der Waals surface area contributed by atoms with Crippen LogP contribution < -0.4 is 0 Å². The van der Waals surface area contributed by atoms with Gasteiger partial charge < -0.3 is 0 Å². The molecule has 0 spiro atoms. The summed E-state index contributed by atoms with van der Waals surface area (Å²) in [4.78, 5) is 10.3. The van der Waals surface area contributed by atoms with Crippen LogP contribution in [0.15, 0.2) is 146 Å². The maximum Gasteiger partial charge on any atom is 0.160 e. The van der Waals surface area contributed by atoms with Crippen molar-refractivity contribution in [1.82, 2.24) is 9.97 Å². The topological polar surface area (TPSA) is 25.8 Å². The molecule has 0 aliphatic heterocycles. The summed E-state index contributed by atoms with van der Waals surface area (Å²) in [6.07, 6.45) is 7.99. The third-order valence-electron chi connectivity index (χ3n) is 13.1. The Hall–Kier alpha value is -6.12. The van der Waals surface area contributed by atoms with Gasteiger partial charge in [0.1, 0.15) is 0 Å². The summed E-state index contributed by atoms with van der Waals surface area (Å²) in [5, 5.41) is 3.92. The SMILES string of the molecule is CC1c2ccccc2-c2ccc3c(c2C[C@H]1c1ccc(-c2nc(-c4ccccc4)c4ccccc4n2)cc1)C(C)(C)c1c-3c2c(c3ccccc13)CCC=C2. The van der Waals surface area contributed by atoms with Crippen molar-refractivity contribution >= 4 is 27.8 Å². The fourth-order valence-electron chi connectivity index (χ4n) is 10.6. The molecule has 2 atom stereocenters. The van der Waals surface area contributed by atoms with Crippen LogP contribution in [0, 0.1) is 0 Å². The largest absolute Gasteiger partial charge is 0.228 e. The molecule has 0 saturated heterocycles. The van der Waals surface area contributed by atoms with Crippen LogP contribution in [0.25, 0.3) is 72.7 Å². The van der Waals surface area contributed by atoms with E-state index >= 15 is 0 Å². The number of allylic oxidation sites excluding steroid dienone is 1. The van der Waals surface area contributed by atoms with E-state index in [9.17, 15) is 0 Å². The number of nitrogens with zero attached hydrogens (tertiary/aromatic N) is 2. The molecule has 0 radical (unpaired) electrons. The molecule has 11 rings (SSSR count). The zero-order valence-electron chi connectivity index (χ0n) is 31.6. The van der Waals surface area contributed by atoms with Gasteiger partial charge in [0.15, 0.2) is 5.82 Å². The van der Waals surface area contributed by atoms with Gasteiger partial charge in [-0.2, -0.15) is 0 Å². The van der Waals surface area contributed by atoms with E-state index in [1.54, 1.807) is 0 Å². The van der Waals surface area contributed by atoms with E-state index in [0.29, 0.717) is 11.8 Å². The maximum atomic E-state index is 5.18. The first-order valence-electron chi connectivity index (χ1n) is 19.9. The highest BCUT2D eigenvalue weighted by Crippen LogP contribution is 2.59. The van der Waals surface area contributed by atoms with Crippen molar-refractivity contribution in [2.45, 2.75) is 57.3 Å². The molecule has 0 saturated carbocycles. The van der Waals surface area contributed by atoms with E-state index in [-0.39, 0.29) is 5.41 Å². The highest BCUT2D eigenvalue weighted by Gasteiger charge is 2.43. The minimum atomic E-state index is -0.156. The van der Waals surface area contributed by atoms with Gasteiger partial charge in [-0.15, -0.1) is 0 Å². The van der Waals surface area contributed by atoms with Crippen molar-refractivity contribution in [3.05, 3.63) is 185 Å². The van der Waals surface area contributed by atoms with Crippen LogP contribution in [0.2, 0.25) is 0 Å². The quantitative estimate of drug-likeness (QED) is 0.183. The molecule has 0 amide bonds. The van der Waals surface area contributed by atoms with Gasteiger partial charge in [-0.25, -0.2) is 9.97 Å². The first-order valence-corrected chi connectivity index (χ1v) is 19.9. The summed E-state index contributed by atoms with van der Waals surface area (Å²) in [7, 11) is 0. The van der Waals surface area contributed by atoms with Crippen LogP contribution in [0.5, 0.6) is 0 Å². The second-order valence-electron chi connectivity index (χ2n) is 16.4. The van der Waals surface area contributed by atoms with Crippen molar-refractivity contribution in [3.63, 3.8) is 0 Å². The lowest BCUT2D eigenvalue weighted by Gasteiger charge is -2.29. The van der Waals surface area contributed by atoms with Gasteiger partial charge in [-0.3, -0.25) is 0 Å². The second kappa shape index (κ2) is 12.2. The van der Waals surface area contributed by atoms with Crippen LogP contribution in [0.4, 0.5) is 0 Å². The Morgan fingerprint density at radius 2 is 1.29 bits per heavy atom. The molecule has 0 fully saturated rings. The number of hydrogen-bond acceptors (Lipinski definition) is 2. The third-order valence-corrected chi connectivity index (χ3v) is 13.1. The average Bonchev–Trinajstić information content (AvgIpc) is 3.41. The molecule has 0 N–H and O–H groups in total. The molecular weight excluding hydrogens is 665 g/mol. The molecule has 0 bridgehead atoms. The van der Waals surface area contributed by atoms with E-state index < -0.39 is 0 Å². The Morgan fingerprint density at radius 1 is 0.582 bits per heavy atom. The lowest BCUT2D eigenvalue weighted by molar-refractivity contribution is 0.569. The average molecular weight is 707 g/mol. The maximum absolute atomic E-state index is 5.18. The molecule has 2 nitrogen and oxygen atoms in total. The summed E-state index contributed by atoms with van der Waals surface area (Å²) in [6, 6.07) is 51.3. The van der Waals surface area contributed by atoms with Crippen molar-refractivity contribution in [2.75, 3.05) is 0 Å². The van der Waals surface area contributed by atoms with E-state index in [0.717, 1.165) is 52.8 Å². The lowest BCUT2D eigenvalue weighted by atomic mass is 9.74. The van der Waals surface area contributed by atoms with Crippen molar-refractivity contribution in [2.24, 2.45) is 0 Å². The fraction of sp³-hybridized carbons (Fsp3) is 0.170. The Balaban J connectivity index is 1.07. The van der Waals surface area contributed by atoms with Crippen molar-refractivity contribution < 1.29 is 0 Å². The number of para-hydroxylation sites is 1. The predicted molar refractivity (Wildman–Crippen MR) is 230 cm³/mol. The number of rotatable bonds is 3. The van der Waals surface area contributed by atoms with E-state index in [1.165, 1.54) is 72.0 Å². The monoisotopic (exact) mass is 706 g/mol. The molecular formula is C53H42N2. The van der Waals surface area contributed by atoms with Crippen LogP contribution in [0.1, 0.15) is 78.0 Å². The van der Waals surface area contributed by atoms with Gasteiger partial charge in [0.25, 0.3) is 0 Å². The van der Waals surface area contributed by atoms with E-state index in [1.807, 2.05) is 0 Å². The van der Waals surface area contributed by atoms with Gasteiger partial charge >= 0.3 is 0 Å². The van der Waals surface area contributed by atoms with Gasteiger partial charge in [0.05, 0.1) is 11.2 Å². The number of benzene rings is 7. The smallest absolute Gasteiger partial charge is 0.160 e. The summed E-state index contributed by atoms with van der Waals surface area (Å²) < 4.78 is 0. The number of fused-ring (bicyclic) bond motifs is 13. The molecule has 1 heterocycles. The summed E-state index contributed by atoms with van der Waals surface area (Å²) in [5.74, 6) is 1.39. The van der Waals surface area contributed by atoms with Crippen LogP contribution >= 0.6 is 0 Å². The van der Waals surface area contributed by atoms with Gasteiger partial charge in [0, 0.05) is 21.9 Å². The molecule has 2 heteroatoms. The van der Waals surface area contributed by atoms with Gasteiger partial charge in [-0.1, -0.05) is 166 Å². The highest BCUT2D eigenvalue weighted by atomic mass is 14.9. The van der Waals surface area contributed by atoms with Crippen molar-refractivity contribution in [3.8, 4) is 44.9 Å². The molecule has 3 aliphatic carbocycles. The van der Waals surface area contributed by atoms with Crippen LogP contribution in [-0.4, -0.2) is 9.97 Å². The molecule has 3 aliphatic rings. The first kappa shape index (κ1) is 32.3. The molecule has 1 aromatic heterocycles. The van der Waals surface area contributed by atoms with Crippen LogP contribution in [0.3, 0.4) is 0 Å². The normalized spacial score (nSPS) is 17.6. The van der Waals surface area contributed by atoms with Gasteiger partial charge in [-0.05, 0) is 109 Å².